The number of benzene rings is 2. The summed E-state index contributed by atoms with van der Waals surface area (Å²) in [6, 6.07) is 12.6. The van der Waals surface area contributed by atoms with Crippen LogP contribution in [0.1, 0.15) is 19.4 Å². The van der Waals surface area contributed by atoms with Crippen LogP contribution in [0.25, 0.3) is 10.8 Å². The minimum atomic E-state index is -0.415. The number of nitrogens with one attached hydrogen (secondary N) is 1. The topological polar surface area (TPSA) is 23.8 Å². The smallest absolute Gasteiger partial charge is 0.0307 e. The maximum Gasteiger partial charge on any atom is 0.0307 e. The van der Waals surface area contributed by atoms with E-state index in [2.05, 4.69) is 40.2 Å². The van der Waals surface area contributed by atoms with Gasteiger partial charge in [0, 0.05) is 10.0 Å². The molecule has 0 aliphatic carbocycles. The zero-order chi connectivity index (χ0) is 11.8. The summed E-state index contributed by atoms with van der Waals surface area (Å²) >= 11 is 3.59. The van der Waals surface area contributed by atoms with Gasteiger partial charge in [-0.3, -0.25) is 5.73 Å². The van der Waals surface area contributed by atoms with E-state index in [0.29, 0.717) is 0 Å². The summed E-state index contributed by atoms with van der Waals surface area (Å²) in [6.07, 6.45) is 0.774. The minimum absolute atomic E-state index is 0.415. The molecule has 16 heavy (non-hydrogen) atoms. The van der Waals surface area contributed by atoms with Gasteiger partial charge >= 0.3 is 0 Å². The van der Waals surface area contributed by atoms with E-state index in [1.54, 1.807) is 0 Å². The van der Waals surface area contributed by atoms with Crippen molar-refractivity contribution < 1.29 is 0 Å². The Kier molecular flexibility index (Phi) is 3.04. The van der Waals surface area contributed by atoms with Crippen molar-refractivity contribution in [2.24, 2.45) is 0 Å². The van der Waals surface area contributed by atoms with E-state index in [1.807, 2.05) is 26.0 Å². The molecule has 2 aromatic rings. The Morgan fingerprint density at radius 3 is 2.56 bits per heavy atom. The van der Waals surface area contributed by atoms with Gasteiger partial charge in [-0.1, -0.05) is 46.3 Å². The van der Waals surface area contributed by atoms with Crippen molar-refractivity contribution in [3.05, 3.63) is 46.4 Å². The molecule has 0 spiro atoms. The van der Waals surface area contributed by atoms with Gasteiger partial charge in [0.15, 0.2) is 0 Å². The lowest BCUT2D eigenvalue weighted by atomic mass is 9.94. The molecular formula is C14H15BrN. The second-order valence-corrected chi connectivity index (χ2v) is 5.71. The van der Waals surface area contributed by atoms with Crippen LogP contribution in [0.2, 0.25) is 0 Å². The highest BCUT2D eigenvalue weighted by Gasteiger charge is 2.13. The molecule has 0 heterocycles. The zero-order valence-corrected chi connectivity index (χ0v) is 11.1. The van der Waals surface area contributed by atoms with E-state index in [0.717, 1.165) is 10.9 Å². The SMILES string of the molecule is CC(C)([NH])Cc1cc(Br)c2ccccc2c1. The first-order valence-electron chi connectivity index (χ1n) is 5.38. The largest absolute Gasteiger partial charge is 0.251 e. The molecule has 0 amide bonds. The van der Waals surface area contributed by atoms with Crippen molar-refractivity contribution in [2.45, 2.75) is 25.8 Å². The summed E-state index contributed by atoms with van der Waals surface area (Å²) in [7, 11) is 0. The molecule has 0 aliphatic heterocycles. The first-order chi connectivity index (χ1) is 7.46. The maximum absolute atomic E-state index is 7.93. The summed E-state index contributed by atoms with van der Waals surface area (Å²) in [5.74, 6) is 0. The van der Waals surface area contributed by atoms with Gasteiger partial charge < -0.3 is 0 Å². The van der Waals surface area contributed by atoms with Crippen molar-refractivity contribution in [1.29, 1.82) is 0 Å². The maximum atomic E-state index is 7.93. The van der Waals surface area contributed by atoms with Crippen molar-refractivity contribution in [2.75, 3.05) is 0 Å². The lowest BCUT2D eigenvalue weighted by Gasteiger charge is -2.17. The van der Waals surface area contributed by atoms with Crippen LogP contribution in [0.15, 0.2) is 40.9 Å². The highest BCUT2D eigenvalue weighted by atomic mass is 79.9. The van der Waals surface area contributed by atoms with Crippen LogP contribution < -0.4 is 5.73 Å². The standard InChI is InChI=1S/C14H15BrN/c1-14(2,16)9-10-7-11-5-3-4-6-12(11)13(15)8-10/h3-8,16H,9H2,1-2H3. The molecule has 2 aromatic carbocycles. The number of fused-ring (bicyclic) bond motifs is 1. The monoisotopic (exact) mass is 276 g/mol. The summed E-state index contributed by atoms with van der Waals surface area (Å²) < 4.78 is 1.12. The molecule has 1 radical (unpaired) electrons. The Balaban J connectivity index is 2.50. The van der Waals surface area contributed by atoms with Gasteiger partial charge in [0.1, 0.15) is 0 Å². The lowest BCUT2D eigenvalue weighted by molar-refractivity contribution is 0.498. The number of halogens is 1. The van der Waals surface area contributed by atoms with Gasteiger partial charge in [-0.05, 0) is 42.7 Å². The average molecular weight is 277 g/mol. The van der Waals surface area contributed by atoms with Crippen molar-refractivity contribution >= 4 is 26.7 Å². The molecule has 2 rings (SSSR count). The summed E-state index contributed by atoms with van der Waals surface area (Å²) in [5, 5.41) is 2.46. The molecule has 0 aromatic heterocycles. The second kappa shape index (κ2) is 4.19. The molecule has 1 N–H and O–H groups in total. The fraction of sp³-hybridized carbons (Fsp3) is 0.286. The van der Waals surface area contributed by atoms with E-state index >= 15 is 0 Å². The van der Waals surface area contributed by atoms with Gasteiger partial charge in [-0.15, -0.1) is 0 Å². The van der Waals surface area contributed by atoms with Crippen LogP contribution in [0.3, 0.4) is 0 Å². The van der Waals surface area contributed by atoms with Crippen molar-refractivity contribution in [3.8, 4) is 0 Å². The van der Waals surface area contributed by atoms with E-state index in [-0.39, 0.29) is 0 Å². The summed E-state index contributed by atoms with van der Waals surface area (Å²) in [6.45, 7) is 3.88. The van der Waals surface area contributed by atoms with Crippen LogP contribution in [0, 0.1) is 0 Å². The third-order valence-electron chi connectivity index (χ3n) is 2.52. The van der Waals surface area contributed by atoms with Crippen LogP contribution in [0.5, 0.6) is 0 Å². The first-order valence-corrected chi connectivity index (χ1v) is 6.17. The number of hydrogen-bond acceptors (Lipinski definition) is 0. The molecule has 0 unspecified atom stereocenters. The molecule has 83 valence electrons. The third-order valence-corrected chi connectivity index (χ3v) is 3.17. The van der Waals surface area contributed by atoms with E-state index in [1.165, 1.54) is 16.3 Å². The van der Waals surface area contributed by atoms with Crippen LogP contribution in [-0.2, 0) is 6.42 Å². The van der Waals surface area contributed by atoms with Gasteiger partial charge in [-0.25, -0.2) is 0 Å². The van der Waals surface area contributed by atoms with Gasteiger partial charge in [0.2, 0.25) is 0 Å². The van der Waals surface area contributed by atoms with Crippen LogP contribution in [-0.4, -0.2) is 5.54 Å². The highest BCUT2D eigenvalue weighted by molar-refractivity contribution is 9.10. The van der Waals surface area contributed by atoms with E-state index in [9.17, 15) is 0 Å². The fourth-order valence-electron chi connectivity index (χ4n) is 1.93. The van der Waals surface area contributed by atoms with E-state index < -0.39 is 5.54 Å². The minimum Gasteiger partial charge on any atom is -0.251 e. The normalized spacial score (nSPS) is 12.0. The molecule has 1 nitrogen and oxygen atoms in total. The Morgan fingerprint density at radius 1 is 1.19 bits per heavy atom. The molecular weight excluding hydrogens is 262 g/mol. The van der Waals surface area contributed by atoms with Crippen molar-refractivity contribution in [3.63, 3.8) is 0 Å². The molecule has 0 aliphatic rings. The predicted molar refractivity (Wildman–Crippen MR) is 72.5 cm³/mol. The highest BCUT2D eigenvalue weighted by Crippen LogP contribution is 2.27. The predicted octanol–water partition coefficient (Wildman–Crippen LogP) is 4.21. The second-order valence-electron chi connectivity index (χ2n) is 4.86. The van der Waals surface area contributed by atoms with Gasteiger partial charge in [0.25, 0.3) is 0 Å². The Morgan fingerprint density at radius 2 is 1.88 bits per heavy atom. The first kappa shape index (κ1) is 11.6. The Labute approximate surface area is 105 Å². The quantitative estimate of drug-likeness (QED) is 0.785. The fourth-order valence-corrected chi connectivity index (χ4v) is 2.59. The molecule has 2 heteroatoms. The molecule has 0 saturated heterocycles. The third kappa shape index (κ3) is 2.63. The molecule has 0 saturated carbocycles. The average Bonchev–Trinajstić information content (AvgIpc) is 2.15. The summed E-state index contributed by atoms with van der Waals surface area (Å²) in [4.78, 5) is 0. The van der Waals surface area contributed by atoms with Crippen LogP contribution in [0.4, 0.5) is 0 Å². The van der Waals surface area contributed by atoms with Gasteiger partial charge in [0.05, 0.1) is 0 Å². The molecule has 0 bridgehead atoms. The lowest BCUT2D eigenvalue weighted by Crippen LogP contribution is -2.24. The van der Waals surface area contributed by atoms with Crippen LogP contribution >= 0.6 is 15.9 Å². The van der Waals surface area contributed by atoms with Crippen molar-refractivity contribution in [1.82, 2.24) is 5.73 Å². The molecule has 0 atom stereocenters. The summed E-state index contributed by atoms with van der Waals surface area (Å²) in [5.41, 5.74) is 8.73. The molecule has 0 fully saturated rings. The Hall–Kier alpha value is -0.860. The van der Waals surface area contributed by atoms with Gasteiger partial charge in [-0.2, -0.15) is 0 Å². The Bertz CT molecular complexity index is 512. The zero-order valence-electron chi connectivity index (χ0n) is 9.55. The van der Waals surface area contributed by atoms with E-state index in [4.69, 9.17) is 5.73 Å². The number of rotatable bonds is 2. The number of hydrogen-bond donors (Lipinski definition) is 0.